The van der Waals surface area contributed by atoms with Crippen LogP contribution >= 0.6 is 24.0 Å². The maximum absolute atomic E-state index is 5.63. The Balaban J connectivity index is 0.00000576. The molecule has 0 saturated carbocycles. The van der Waals surface area contributed by atoms with Gasteiger partial charge in [-0.1, -0.05) is 20.8 Å². The van der Waals surface area contributed by atoms with Gasteiger partial charge in [0.2, 0.25) is 0 Å². The van der Waals surface area contributed by atoms with Crippen molar-refractivity contribution in [3.8, 4) is 0 Å². The number of hydrogen-bond acceptors (Lipinski definition) is 4. The Labute approximate surface area is 171 Å². The van der Waals surface area contributed by atoms with Crippen molar-refractivity contribution < 1.29 is 9.47 Å². The number of hydrogen-bond donors (Lipinski definition) is 2. The number of aliphatic imine (C=N–C) groups is 1. The molecule has 1 unspecified atom stereocenters. The molecule has 0 aromatic heterocycles. The van der Waals surface area contributed by atoms with Gasteiger partial charge in [0.05, 0.1) is 12.6 Å². The molecule has 25 heavy (non-hydrogen) atoms. The summed E-state index contributed by atoms with van der Waals surface area (Å²) < 4.78 is 11.2. The summed E-state index contributed by atoms with van der Waals surface area (Å²) in [6, 6.07) is 0. The molecule has 7 heteroatoms. The largest absolute Gasteiger partial charge is 0.381 e. The molecule has 1 atom stereocenters. The zero-order valence-electron chi connectivity index (χ0n) is 17.1. The second-order valence-electron chi connectivity index (χ2n) is 7.90. The van der Waals surface area contributed by atoms with Gasteiger partial charge in [-0.05, 0) is 39.3 Å². The first-order valence-corrected chi connectivity index (χ1v) is 9.05. The van der Waals surface area contributed by atoms with Gasteiger partial charge in [0.15, 0.2) is 5.96 Å². The zero-order valence-corrected chi connectivity index (χ0v) is 19.5. The zero-order chi connectivity index (χ0) is 18.2. The molecule has 150 valence electrons. The van der Waals surface area contributed by atoms with Crippen LogP contribution < -0.4 is 10.6 Å². The summed E-state index contributed by atoms with van der Waals surface area (Å²) in [6.45, 7) is 12.6. The maximum Gasteiger partial charge on any atom is 0.191 e. The van der Waals surface area contributed by atoms with Crippen LogP contribution in [0, 0.1) is 5.41 Å². The molecule has 2 N–H and O–H groups in total. The molecule has 0 aromatic rings. The average Bonchev–Trinajstić information content (AvgIpc) is 2.52. The summed E-state index contributed by atoms with van der Waals surface area (Å²) in [5.74, 6) is 0.858. The fourth-order valence-electron chi connectivity index (χ4n) is 3.00. The van der Waals surface area contributed by atoms with Crippen LogP contribution in [0.4, 0.5) is 0 Å². The van der Waals surface area contributed by atoms with Crippen LogP contribution in [0.1, 0.15) is 40.5 Å². The summed E-state index contributed by atoms with van der Waals surface area (Å²) in [6.07, 6.45) is 2.17. The lowest BCUT2D eigenvalue weighted by Gasteiger charge is -2.41. The molecule has 1 rings (SSSR count). The number of nitrogens with zero attached hydrogens (tertiary/aromatic N) is 2. The standard InChI is InChI=1S/C18H38N4O2.HI/c1-8-19-16(20-13-15(23-7)17(2,3)4)21-14-18(22(5)6)9-11-24-12-10-18;/h15H,8-14H2,1-7H3,(H2,19,20,21);1H. The van der Waals surface area contributed by atoms with E-state index in [0.29, 0.717) is 0 Å². The Morgan fingerprint density at radius 3 is 2.28 bits per heavy atom. The van der Waals surface area contributed by atoms with Crippen LogP contribution in [0.15, 0.2) is 4.99 Å². The molecule has 0 spiro atoms. The SMILES string of the molecule is CCNC(=NCC1(N(C)C)CCOCC1)NCC(OC)C(C)(C)C.I. The highest BCUT2D eigenvalue weighted by molar-refractivity contribution is 14.0. The molecule has 1 saturated heterocycles. The maximum atomic E-state index is 5.63. The molecular formula is C18H39IN4O2. The van der Waals surface area contributed by atoms with Gasteiger partial charge in [0.1, 0.15) is 0 Å². The van der Waals surface area contributed by atoms with E-state index in [1.807, 2.05) is 0 Å². The highest BCUT2D eigenvalue weighted by Gasteiger charge is 2.34. The predicted molar refractivity (Wildman–Crippen MR) is 116 cm³/mol. The number of likely N-dealkylation sites (N-methyl/N-ethyl adjacent to an activating group) is 1. The van der Waals surface area contributed by atoms with Gasteiger partial charge in [-0.3, -0.25) is 4.99 Å². The topological polar surface area (TPSA) is 58.1 Å². The second kappa shape index (κ2) is 11.6. The number of halogens is 1. The van der Waals surface area contributed by atoms with Gasteiger partial charge < -0.3 is 25.0 Å². The second-order valence-corrected chi connectivity index (χ2v) is 7.90. The summed E-state index contributed by atoms with van der Waals surface area (Å²) in [5, 5.41) is 6.78. The minimum Gasteiger partial charge on any atom is -0.381 e. The van der Waals surface area contributed by atoms with Crippen molar-refractivity contribution in [2.75, 3.05) is 54.1 Å². The van der Waals surface area contributed by atoms with E-state index in [2.05, 4.69) is 57.3 Å². The smallest absolute Gasteiger partial charge is 0.191 e. The summed E-state index contributed by atoms with van der Waals surface area (Å²) in [4.78, 5) is 7.16. The summed E-state index contributed by atoms with van der Waals surface area (Å²) in [7, 11) is 6.05. The Hall–Kier alpha value is -0.120. The van der Waals surface area contributed by atoms with Gasteiger partial charge in [-0.25, -0.2) is 0 Å². The molecule has 0 aliphatic carbocycles. The number of guanidine groups is 1. The van der Waals surface area contributed by atoms with Crippen LogP contribution in [-0.2, 0) is 9.47 Å². The average molecular weight is 470 g/mol. The van der Waals surface area contributed by atoms with Gasteiger partial charge >= 0.3 is 0 Å². The van der Waals surface area contributed by atoms with Gasteiger partial charge in [0.25, 0.3) is 0 Å². The van der Waals surface area contributed by atoms with Crippen LogP contribution in [0.5, 0.6) is 0 Å². The number of methoxy groups -OCH3 is 1. The van der Waals surface area contributed by atoms with Crippen LogP contribution in [0.25, 0.3) is 0 Å². The molecule has 1 aliphatic heterocycles. The quantitative estimate of drug-likeness (QED) is 0.340. The fraction of sp³-hybridized carbons (Fsp3) is 0.944. The minimum atomic E-state index is 0. The Bertz CT molecular complexity index is 391. The normalized spacial score (nSPS) is 19.3. The first-order valence-electron chi connectivity index (χ1n) is 9.05. The minimum absolute atomic E-state index is 0. The van der Waals surface area contributed by atoms with E-state index in [1.165, 1.54) is 0 Å². The number of nitrogens with one attached hydrogen (secondary N) is 2. The Kier molecular flexibility index (Phi) is 11.5. The van der Waals surface area contributed by atoms with Crippen molar-refractivity contribution in [3.63, 3.8) is 0 Å². The number of rotatable bonds is 7. The molecule has 1 heterocycles. The first-order chi connectivity index (χ1) is 11.2. The number of ether oxygens (including phenoxy) is 2. The molecule has 0 aromatic carbocycles. The third-order valence-corrected chi connectivity index (χ3v) is 4.95. The molecule has 6 nitrogen and oxygen atoms in total. The molecular weight excluding hydrogens is 431 g/mol. The van der Waals surface area contributed by atoms with Crippen molar-refractivity contribution in [2.45, 2.75) is 52.2 Å². The van der Waals surface area contributed by atoms with Crippen molar-refractivity contribution in [3.05, 3.63) is 0 Å². The Morgan fingerprint density at radius 2 is 1.84 bits per heavy atom. The van der Waals surface area contributed by atoms with E-state index < -0.39 is 0 Å². The van der Waals surface area contributed by atoms with Crippen LogP contribution in [0.3, 0.4) is 0 Å². The van der Waals surface area contributed by atoms with E-state index in [1.54, 1.807) is 7.11 Å². The van der Waals surface area contributed by atoms with E-state index in [4.69, 9.17) is 14.5 Å². The van der Waals surface area contributed by atoms with Crippen molar-refractivity contribution in [1.82, 2.24) is 15.5 Å². The van der Waals surface area contributed by atoms with Gasteiger partial charge in [0, 0.05) is 39.0 Å². The summed E-state index contributed by atoms with van der Waals surface area (Å²) >= 11 is 0. The van der Waals surface area contributed by atoms with E-state index in [-0.39, 0.29) is 41.0 Å². The monoisotopic (exact) mass is 470 g/mol. The lowest BCUT2D eigenvalue weighted by atomic mass is 9.88. The lowest BCUT2D eigenvalue weighted by molar-refractivity contribution is -0.00261. The van der Waals surface area contributed by atoms with E-state index >= 15 is 0 Å². The summed E-state index contributed by atoms with van der Waals surface area (Å²) in [5.41, 5.74) is 0.177. The van der Waals surface area contributed by atoms with Crippen molar-refractivity contribution >= 4 is 29.9 Å². The third-order valence-electron chi connectivity index (χ3n) is 4.95. The molecule has 0 amide bonds. The lowest BCUT2D eigenvalue weighted by Crippen LogP contribution is -2.52. The van der Waals surface area contributed by atoms with E-state index in [9.17, 15) is 0 Å². The van der Waals surface area contributed by atoms with Crippen molar-refractivity contribution in [2.24, 2.45) is 10.4 Å². The molecule has 0 radical (unpaired) electrons. The molecule has 1 aliphatic rings. The van der Waals surface area contributed by atoms with Crippen LogP contribution in [-0.4, -0.2) is 76.6 Å². The molecule has 0 bridgehead atoms. The fourth-order valence-corrected chi connectivity index (χ4v) is 3.00. The van der Waals surface area contributed by atoms with Gasteiger partial charge in [-0.15, -0.1) is 24.0 Å². The highest BCUT2D eigenvalue weighted by Crippen LogP contribution is 2.26. The highest BCUT2D eigenvalue weighted by atomic mass is 127. The molecule has 1 fully saturated rings. The Morgan fingerprint density at radius 1 is 1.24 bits per heavy atom. The predicted octanol–water partition coefficient (Wildman–Crippen LogP) is 2.33. The van der Waals surface area contributed by atoms with Crippen LogP contribution in [0.2, 0.25) is 0 Å². The van der Waals surface area contributed by atoms with Crippen molar-refractivity contribution in [1.29, 1.82) is 0 Å². The first kappa shape index (κ1) is 24.9. The van der Waals surface area contributed by atoms with Gasteiger partial charge in [-0.2, -0.15) is 0 Å². The van der Waals surface area contributed by atoms with E-state index in [0.717, 1.165) is 51.6 Å². The third kappa shape index (κ3) is 7.97.